The molecule has 0 fully saturated rings. The van der Waals surface area contributed by atoms with Crippen molar-refractivity contribution in [2.75, 3.05) is 25.2 Å². The highest BCUT2D eigenvalue weighted by Gasteiger charge is 2.21. The van der Waals surface area contributed by atoms with Crippen LogP contribution >= 0.6 is 0 Å². The Balaban J connectivity index is 1.94. The molecule has 5 heteroatoms. The third-order valence-electron chi connectivity index (χ3n) is 3.35. The van der Waals surface area contributed by atoms with Gasteiger partial charge in [-0.25, -0.2) is 8.42 Å². The van der Waals surface area contributed by atoms with Crippen LogP contribution in [0.2, 0.25) is 0 Å². The molecule has 0 aromatic heterocycles. The number of para-hydroxylation sites is 1. The summed E-state index contributed by atoms with van der Waals surface area (Å²) in [6, 6.07) is 8.04. The zero-order valence-electron chi connectivity index (χ0n) is 11.4. The van der Waals surface area contributed by atoms with E-state index in [0.717, 1.165) is 25.3 Å². The van der Waals surface area contributed by atoms with Crippen LogP contribution in [-0.4, -0.2) is 39.6 Å². The molecule has 4 nitrogen and oxygen atoms in total. The highest BCUT2D eigenvalue weighted by Crippen LogP contribution is 2.32. The number of hydrogen-bond donors (Lipinski definition) is 1. The topological polar surface area (TPSA) is 55.4 Å². The molecular weight excluding hydrogens is 262 g/mol. The molecule has 106 valence electrons. The predicted molar refractivity (Wildman–Crippen MR) is 76.5 cm³/mol. The fraction of sp³-hybridized carbons (Fsp3) is 0.571. The van der Waals surface area contributed by atoms with Gasteiger partial charge < -0.3 is 10.1 Å². The summed E-state index contributed by atoms with van der Waals surface area (Å²) in [6.45, 7) is 3.42. The minimum Gasteiger partial charge on any atom is -0.493 e. The van der Waals surface area contributed by atoms with Gasteiger partial charge in [0.15, 0.2) is 0 Å². The first kappa shape index (κ1) is 14.3. The molecule has 1 N–H and O–H groups in total. The van der Waals surface area contributed by atoms with Crippen molar-refractivity contribution >= 4 is 9.84 Å². The quantitative estimate of drug-likeness (QED) is 0.891. The first-order chi connectivity index (χ1) is 8.96. The van der Waals surface area contributed by atoms with Crippen molar-refractivity contribution in [1.82, 2.24) is 5.32 Å². The Bertz CT molecular complexity index is 527. The lowest BCUT2D eigenvalue weighted by molar-refractivity contribution is 0.263. The van der Waals surface area contributed by atoms with E-state index in [9.17, 15) is 8.42 Å². The van der Waals surface area contributed by atoms with E-state index >= 15 is 0 Å². The summed E-state index contributed by atoms with van der Waals surface area (Å²) < 4.78 is 28.1. The van der Waals surface area contributed by atoms with Crippen LogP contribution in [0, 0.1) is 0 Å². The molecule has 0 saturated heterocycles. The average molecular weight is 283 g/mol. The Morgan fingerprint density at radius 2 is 2.16 bits per heavy atom. The van der Waals surface area contributed by atoms with Crippen LogP contribution in [0.5, 0.6) is 5.75 Å². The van der Waals surface area contributed by atoms with Gasteiger partial charge in [-0.2, -0.15) is 0 Å². The van der Waals surface area contributed by atoms with Gasteiger partial charge in [0.05, 0.1) is 12.4 Å². The molecule has 1 aliphatic heterocycles. The van der Waals surface area contributed by atoms with Crippen molar-refractivity contribution in [3.05, 3.63) is 29.8 Å². The maximum Gasteiger partial charge on any atom is 0.148 e. The second-order valence-electron chi connectivity index (χ2n) is 5.27. The molecule has 1 heterocycles. The highest BCUT2D eigenvalue weighted by atomic mass is 32.2. The number of hydrogen-bond acceptors (Lipinski definition) is 4. The van der Waals surface area contributed by atoms with Crippen LogP contribution in [0.15, 0.2) is 24.3 Å². The lowest BCUT2D eigenvalue weighted by atomic mass is 9.93. The van der Waals surface area contributed by atoms with E-state index in [2.05, 4.69) is 11.4 Å². The smallest absolute Gasteiger partial charge is 0.148 e. The van der Waals surface area contributed by atoms with E-state index in [4.69, 9.17) is 4.74 Å². The Labute approximate surface area is 115 Å². The average Bonchev–Trinajstić information content (AvgIpc) is 2.34. The summed E-state index contributed by atoms with van der Waals surface area (Å²) in [5, 5.41) is 3.32. The zero-order chi connectivity index (χ0) is 13.9. The monoisotopic (exact) mass is 283 g/mol. The highest BCUT2D eigenvalue weighted by molar-refractivity contribution is 7.90. The second-order valence-corrected chi connectivity index (χ2v) is 7.46. The normalized spacial score (nSPS) is 20.4. The number of rotatable bonds is 5. The second kappa shape index (κ2) is 5.92. The van der Waals surface area contributed by atoms with Gasteiger partial charge in [0.1, 0.15) is 15.6 Å². The number of benzene rings is 1. The summed E-state index contributed by atoms with van der Waals surface area (Å²) in [6.07, 6.45) is 2.24. The molecule has 2 unspecified atom stereocenters. The molecule has 1 aromatic carbocycles. The molecule has 0 radical (unpaired) electrons. The Morgan fingerprint density at radius 3 is 2.89 bits per heavy atom. The van der Waals surface area contributed by atoms with Gasteiger partial charge in [0, 0.05) is 24.8 Å². The van der Waals surface area contributed by atoms with Crippen LogP contribution in [0.1, 0.15) is 24.8 Å². The van der Waals surface area contributed by atoms with E-state index in [-0.39, 0.29) is 11.8 Å². The molecule has 19 heavy (non-hydrogen) atoms. The van der Waals surface area contributed by atoms with Crippen LogP contribution in [0.3, 0.4) is 0 Å². The Hall–Kier alpha value is -1.07. The molecule has 0 bridgehead atoms. The summed E-state index contributed by atoms with van der Waals surface area (Å²) in [4.78, 5) is 0. The molecule has 1 aromatic rings. The van der Waals surface area contributed by atoms with Crippen LogP contribution < -0.4 is 10.1 Å². The molecule has 0 saturated carbocycles. The van der Waals surface area contributed by atoms with Gasteiger partial charge in [-0.15, -0.1) is 0 Å². The number of sulfone groups is 1. The van der Waals surface area contributed by atoms with E-state index in [0.29, 0.717) is 5.92 Å². The maximum absolute atomic E-state index is 11.2. The van der Waals surface area contributed by atoms with Crippen LogP contribution in [0.4, 0.5) is 0 Å². The van der Waals surface area contributed by atoms with Crippen molar-refractivity contribution in [3.8, 4) is 5.75 Å². The van der Waals surface area contributed by atoms with E-state index in [1.54, 1.807) is 0 Å². The SMILES string of the molecule is CC(CS(C)(=O)=O)NCC1CCOc2ccccc21. The number of fused-ring (bicyclic) bond motifs is 1. The van der Waals surface area contributed by atoms with Gasteiger partial charge in [-0.05, 0) is 25.0 Å². The summed E-state index contributed by atoms with van der Waals surface area (Å²) in [5.74, 6) is 1.53. The van der Waals surface area contributed by atoms with Gasteiger partial charge in [-0.1, -0.05) is 18.2 Å². The lowest BCUT2D eigenvalue weighted by Gasteiger charge is -2.27. The van der Waals surface area contributed by atoms with Crippen molar-refractivity contribution < 1.29 is 13.2 Å². The first-order valence-electron chi connectivity index (χ1n) is 6.58. The summed E-state index contributed by atoms with van der Waals surface area (Å²) in [7, 11) is -2.92. The molecule has 1 aliphatic rings. The minimum absolute atomic E-state index is 0.0231. The standard InChI is InChI=1S/C14H21NO3S/c1-11(10-19(2,16)17)15-9-12-7-8-18-14-6-4-3-5-13(12)14/h3-6,11-12,15H,7-10H2,1-2H3. The van der Waals surface area contributed by atoms with E-state index in [1.165, 1.54) is 11.8 Å². The summed E-state index contributed by atoms with van der Waals surface area (Å²) in [5.41, 5.74) is 1.22. The molecule has 2 atom stereocenters. The number of nitrogens with one attached hydrogen (secondary N) is 1. The van der Waals surface area contributed by atoms with Gasteiger partial charge >= 0.3 is 0 Å². The maximum atomic E-state index is 11.2. The van der Waals surface area contributed by atoms with Crippen molar-refractivity contribution in [2.45, 2.75) is 25.3 Å². The van der Waals surface area contributed by atoms with Crippen LogP contribution in [-0.2, 0) is 9.84 Å². The molecule has 0 aliphatic carbocycles. The van der Waals surface area contributed by atoms with Crippen molar-refractivity contribution in [1.29, 1.82) is 0 Å². The molecular formula is C14H21NO3S. The van der Waals surface area contributed by atoms with Gasteiger partial charge in [0.25, 0.3) is 0 Å². The largest absolute Gasteiger partial charge is 0.493 e. The summed E-state index contributed by atoms with van der Waals surface area (Å²) >= 11 is 0. The molecule has 2 rings (SSSR count). The molecule has 0 spiro atoms. The first-order valence-corrected chi connectivity index (χ1v) is 8.64. The Morgan fingerprint density at radius 1 is 1.42 bits per heavy atom. The predicted octanol–water partition coefficient (Wildman–Crippen LogP) is 1.58. The van der Waals surface area contributed by atoms with Crippen molar-refractivity contribution in [2.24, 2.45) is 0 Å². The van der Waals surface area contributed by atoms with Gasteiger partial charge in [0.2, 0.25) is 0 Å². The van der Waals surface area contributed by atoms with Crippen LogP contribution in [0.25, 0.3) is 0 Å². The third kappa shape index (κ3) is 4.21. The minimum atomic E-state index is -2.92. The van der Waals surface area contributed by atoms with Crippen molar-refractivity contribution in [3.63, 3.8) is 0 Å². The Kier molecular flexibility index (Phi) is 4.47. The third-order valence-corrected chi connectivity index (χ3v) is 4.45. The van der Waals surface area contributed by atoms with E-state index < -0.39 is 9.84 Å². The fourth-order valence-electron chi connectivity index (χ4n) is 2.48. The number of ether oxygens (including phenoxy) is 1. The molecule has 0 amide bonds. The lowest BCUT2D eigenvalue weighted by Crippen LogP contribution is -2.36. The fourth-order valence-corrected chi connectivity index (χ4v) is 3.51. The van der Waals surface area contributed by atoms with Gasteiger partial charge in [-0.3, -0.25) is 0 Å². The van der Waals surface area contributed by atoms with E-state index in [1.807, 2.05) is 25.1 Å². The zero-order valence-corrected chi connectivity index (χ0v) is 12.2.